The van der Waals surface area contributed by atoms with E-state index < -0.39 is 0 Å². The molecule has 8 bridgehead atoms. The second-order valence-corrected chi connectivity index (χ2v) is 39.7. The second kappa shape index (κ2) is 33.1. The van der Waals surface area contributed by atoms with Crippen molar-refractivity contribution in [3.05, 3.63) is 387 Å². The van der Waals surface area contributed by atoms with Gasteiger partial charge < -0.3 is 46.5 Å². The van der Waals surface area contributed by atoms with Crippen molar-refractivity contribution >= 4 is 221 Å². The summed E-state index contributed by atoms with van der Waals surface area (Å²) in [4.78, 5) is 21.0. The molecule has 27 aromatic rings. The molecule has 0 amide bonds. The summed E-state index contributed by atoms with van der Waals surface area (Å²) in [7, 11) is 0. The minimum Gasteiger partial charge on any atom is -0.354 e. The van der Waals surface area contributed by atoms with Crippen LogP contribution >= 0.6 is 0 Å². The molecule has 690 valence electrons. The summed E-state index contributed by atoms with van der Waals surface area (Å²) in [5, 5.41) is 19.5. The monoisotopic (exact) mass is 1850 g/mol. The number of nitrogens with one attached hydrogen (secondary N) is 2. The Labute approximate surface area is 830 Å². The lowest BCUT2D eigenvalue weighted by atomic mass is 10.0. The number of para-hydroxylation sites is 8. The molecule has 0 saturated heterocycles. The molecule has 144 heavy (non-hydrogen) atoms. The minimum absolute atomic E-state index is 0.846. The van der Waals surface area contributed by atoms with Crippen molar-refractivity contribution in [2.24, 2.45) is 0 Å². The summed E-state index contributed by atoms with van der Waals surface area (Å²) >= 11 is 0. The van der Waals surface area contributed by atoms with Crippen molar-refractivity contribution in [3.8, 4) is 67.3 Å². The van der Waals surface area contributed by atoms with Crippen LogP contribution in [0.4, 0.5) is 0 Å². The Hall–Kier alpha value is -17.5. The van der Waals surface area contributed by atoms with Crippen LogP contribution in [0.25, 0.3) is 288 Å². The van der Waals surface area contributed by atoms with Crippen LogP contribution in [0, 0.1) is 0 Å². The molecule has 0 aliphatic carbocycles. The van der Waals surface area contributed by atoms with E-state index in [0.717, 1.165) is 190 Å². The molecule has 0 spiro atoms. The third-order valence-electron chi connectivity index (χ3n) is 31.6. The smallest absolute Gasteiger partial charge is 0.0737 e. The topological polar surface area (TPSA) is 96.8 Å². The zero-order valence-electron chi connectivity index (χ0n) is 80.9. The van der Waals surface area contributed by atoms with Crippen LogP contribution in [-0.4, -0.2) is 56.5 Å². The van der Waals surface area contributed by atoms with Gasteiger partial charge in [-0.15, -0.1) is 0 Å². The number of aromatic amines is 2. The number of hydrogen-bond donors (Lipinski definition) is 2. The molecule has 11 aromatic heterocycles. The highest BCUT2D eigenvalue weighted by molar-refractivity contribution is 6.20. The van der Waals surface area contributed by atoms with E-state index in [2.05, 4.69) is 462 Å². The summed E-state index contributed by atoms with van der Waals surface area (Å²) < 4.78 is 20.1. The number of aryl methyl sites for hydroxylation is 4. The SMILES string of the molecule is CCCCn1c2ccc(-c3c4nc(c(-c5ccc6c(c5)c5cc(-n7c8ccccc8c8ccccc87)ccc5n6CCCC)c5ccc([nH]5)c(-c5ccc6c(c5)c5cc(-n7c8ccccc8c8ccccc87)ccc5n6CCCC)c5nc(c(-c6ccc7c(c6)c6cc(-n8c9ccccc9c9ccccc98)ccc6n7CCCC)c6ccc3[nH]6)C=C5)C=C4)cc2c2cc(-n3c4ccccc4c4ccccc43)ccc21. The van der Waals surface area contributed by atoms with Gasteiger partial charge in [0.05, 0.1) is 66.9 Å². The van der Waals surface area contributed by atoms with Gasteiger partial charge in [0.15, 0.2) is 0 Å². The molecular formula is C132H102N12. The third-order valence-corrected chi connectivity index (χ3v) is 31.6. The number of hydrogen-bond acceptors (Lipinski definition) is 2. The first kappa shape index (κ1) is 83.5. The number of H-pyrrole nitrogens is 2. The van der Waals surface area contributed by atoms with Crippen LogP contribution in [0.5, 0.6) is 0 Å². The zero-order chi connectivity index (χ0) is 95.2. The fourth-order valence-electron chi connectivity index (χ4n) is 25.0. The molecule has 12 heteroatoms. The van der Waals surface area contributed by atoms with E-state index in [1.54, 1.807) is 0 Å². The second-order valence-electron chi connectivity index (χ2n) is 39.7. The summed E-state index contributed by atoms with van der Waals surface area (Å²) in [5.41, 5.74) is 38.9. The summed E-state index contributed by atoms with van der Waals surface area (Å²) in [6.07, 6.45) is 17.6. The van der Waals surface area contributed by atoms with Crippen molar-refractivity contribution in [1.82, 2.24) is 56.5 Å². The highest BCUT2D eigenvalue weighted by atomic mass is 15.0. The summed E-state index contributed by atoms with van der Waals surface area (Å²) in [6, 6.07) is 138. The summed E-state index contributed by atoms with van der Waals surface area (Å²) in [5.74, 6) is 0. The van der Waals surface area contributed by atoms with E-state index in [0.29, 0.717) is 0 Å². The molecule has 12 nitrogen and oxygen atoms in total. The highest BCUT2D eigenvalue weighted by Gasteiger charge is 2.28. The summed E-state index contributed by atoms with van der Waals surface area (Å²) in [6.45, 7) is 12.7. The lowest BCUT2D eigenvalue weighted by Gasteiger charge is -2.10. The molecule has 0 radical (unpaired) electrons. The van der Waals surface area contributed by atoms with Gasteiger partial charge in [0, 0.05) is 224 Å². The minimum atomic E-state index is 0.846. The number of aromatic nitrogens is 12. The fraction of sp³-hybridized carbons (Fsp3) is 0.121. The predicted octanol–water partition coefficient (Wildman–Crippen LogP) is 35.3. The standard InChI is InChI=1S/C132H102N12/c1-5-9-69-137-113-61-45-81(73-97(113)101-77-85(49-65-117(101)137)141-121-37-21-13-29-89(121)90-30-14-22-38-122(90)141)129-105-53-55-107(133-105)130(82-46-62-114-98(74-82)102-78-86(50-66-118(102)138(114)70-10-6-2)142-123-39-23-15-31-91(123)92-32-16-24-40-124(92)142)109-57-59-111(135-109)132(84-48-64-116-100(76-84)104-80-88(52-68-120(104)140(116)72-12-8-4)144-127-43-27-19-35-95(127)96-36-20-28-44-128(96)144)112-60-58-110(136-112)131(108-56-54-106(129)134-108)83-47-63-115-99(75-83)103-79-87(51-67-119(103)139(115)71-11-7-3)143-125-41-25-17-33-93(125)94-34-18-26-42-126(94)143/h13-68,73-80,133,136H,5-12,69-72H2,1-4H3. The Kier molecular flexibility index (Phi) is 19.2. The van der Waals surface area contributed by atoms with Crippen LogP contribution < -0.4 is 0 Å². The van der Waals surface area contributed by atoms with Crippen molar-refractivity contribution in [2.75, 3.05) is 0 Å². The molecule has 2 aliphatic rings. The van der Waals surface area contributed by atoms with Gasteiger partial charge in [0.1, 0.15) is 0 Å². The van der Waals surface area contributed by atoms with Gasteiger partial charge in [-0.25, -0.2) is 9.97 Å². The Bertz CT molecular complexity index is 9020. The van der Waals surface area contributed by atoms with Crippen LogP contribution in [0.3, 0.4) is 0 Å². The predicted molar refractivity (Wildman–Crippen MR) is 610 cm³/mol. The fourth-order valence-corrected chi connectivity index (χ4v) is 25.0. The average molecular weight is 1860 g/mol. The van der Waals surface area contributed by atoms with Gasteiger partial charge in [0.25, 0.3) is 0 Å². The van der Waals surface area contributed by atoms with E-state index in [1.165, 1.54) is 174 Å². The number of benzene rings is 16. The Morgan fingerprint density at radius 2 is 0.361 bits per heavy atom. The average Bonchev–Trinajstić information content (AvgIpc) is 1.58. The van der Waals surface area contributed by atoms with Gasteiger partial charge in [-0.1, -0.05) is 223 Å². The molecule has 0 saturated carbocycles. The maximum atomic E-state index is 6.20. The normalized spacial score (nSPS) is 12.6. The van der Waals surface area contributed by atoms with Crippen LogP contribution in [0.15, 0.2) is 364 Å². The van der Waals surface area contributed by atoms with Gasteiger partial charge >= 0.3 is 0 Å². The van der Waals surface area contributed by atoms with Crippen molar-refractivity contribution in [2.45, 2.75) is 105 Å². The molecule has 29 rings (SSSR count). The number of rotatable bonds is 20. The molecular weight excluding hydrogens is 1750 g/mol. The molecule has 16 aromatic carbocycles. The van der Waals surface area contributed by atoms with E-state index in [-0.39, 0.29) is 0 Å². The lowest BCUT2D eigenvalue weighted by molar-refractivity contribution is 0.665. The van der Waals surface area contributed by atoms with E-state index in [4.69, 9.17) is 9.97 Å². The number of fused-ring (bicyclic) bond motifs is 32. The van der Waals surface area contributed by atoms with E-state index in [9.17, 15) is 0 Å². The first-order chi connectivity index (χ1) is 71.3. The largest absolute Gasteiger partial charge is 0.354 e. The van der Waals surface area contributed by atoms with Crippen LogP contribution in [-0.2, 0) is 26.2 Å². The van der Waals surface area contributed by atoms with Gasteiger partial charge in [-0.2, -0.15) is 0 Å². The number of nitrogens with zero attached hydrogens (tertiary/aromatic N) is 10. The van der Waals surface area contributed by atoms with Crippen LogP contribution in [0.2, 0.25) is 0 Å². The van der Waals surface area contributed by atoms with Crippen molar-refractivity contribution in [3.63, 3.8) is 0 Å². The third kappa shape index (κ3) is 12.7. The van der Waals surface area contributed by atoms with Gasteiger partial charge in [0.2, 0.25) is 0 Å². The molecule has 13 heterocycles. The van der Waals surface area contributed by atoms with Gasteiger partial charge in [-0.3, -0.25) is 0 Å². The molecule has 0 fully saturated rings. The Morgan fingerprint density at radius 3 is 0.556 bits per heavy atom. The maximum absolute atomic E-state index is 6.20. The Balaban J connectivity index is 0.718. The van der Waals surface area contributed by atoms with E-state index >= 15 is 0 Å². The van der Waals surface area contributed by atoms with Crippen LogP contribution in [0.1, 0.15) is 102 Å². The Morgan fingerprint density at radius 1 is 0.181 bits per heavy atom. The quantitative estimate of drug-likeness (QED) is 0.0795. The van der Waals surface area contributed by atoms with E-state index in [1.807, 2.05) is 0 Å². The molecule has 0 unspecified atom stereocenters. The molecule has 2 aliphatic heterocycles. The zero-order valence-corrected chi connectivity index (χ0v) is 80.9. The van der Waals surface area contributed by atoms with Gasteiger partial charge in [-0.05, 0) is 266 Å². The molecule has 0 atom stereocenters. The lowest BCUT2D eigenvalue weighted by Crippen LogP contribution is -1.98. The van der Waals surface area contributed by atoms with Crippen molar-refractivity contribution < 1.29 is 0 Å². The highest BCUT2D eigenvalue weighted by Crippen LogP contribution is 2.49. The maximum Gasteiger partial charge on any atom is 0.0737 e. The first-order valence-corrected chi connectivity index (χ1v) is 51.6. The molecule has 2 N–H and O–H groups in total. The first-order valence-electron chi connectivity index (χ1n) is 51.6. The van der Waals surface area contributed by atoms with Crippen molar-refractivity contribution in [1.29, 1.82) is 0 Å². The number of unbranched alkanes of at least 4 members (excludes halogenated alkanes) is 4.